The Morgan fingerprint density at radius 2 is 2.00 bits per heavy atom. The van der Waals surface area contributed by atoms with Crippen molar-refractivity contribution in [3.8, 4) is 0 Å². The monoisotopic (exact) mass is 260 g/mol. The molecule has 2 rings (SSSR count). The van der Waals surface area contributed by atoms with Gasteiger partial charge in [-0.1, -0.05) is 32.4 Å². The van der Waals surface area contributed by atoms with E-state index in [-0.39, 0.29) is 5.92 Å². The molecular weight excluding hydrogens is 236 g/mol. The highest BCUT2D eigenvalue weighted by Gasteiger charge is 2.34. The summed E-state index contributed by atoms with van der Waals surface area (Å²) >= 11 is 0. The SMILES string of the molecule is CCCC(C)C(=O)N(Cc1ccc(N)cc1)C1CC1. The van der Waals surface area contributed by atoms with Gasteiger partial charge >= 0.3 is 0 Å². The third-order valence-corrected chi connectivity index (χ3v) is 3.75. The fourth-order valence-corrected chi connectivity index (χ4v) is 2.43. The van der Waals surface area contributed by atoms with Gasteiger partial charge in [-0.3, -0.25) is 4.79 Å². The average Bonchev–Trinajstić information content (AvgIpc) is 3.22. The van der Waals surface area contributed by atoms with Crippen LogP contribution in [0.1, 0.15) is 45.1 Å². The van der Waals surface area contributed by atoms with Crippen LogP contribution in [0.4, 0.5) is 5.69 Å². The first-order valence-electron chi connectivity index (χ1n) is 7.26. The Kier molecular flexibility index (Phi) is 4.46. The molecule has 0 aliphatic heterocycles. The number of carbonyl (C=O) groups is 1. The van der Waals surface area contributed by atoms with Crippen molar-refractivity contribution in [1.82, 2.24) is 4.90 Å². The molecule has 1 aliphatic carbocycles. The second-order valence-corrected chi connectivity index (χ2v) is 5.63. The minimum absolute atomic E-state index is 0.138. The highest BCUT2D eigenvalue weighted by Crippen LogP contribution is 2.30. The topological polar surface area (TPSA) is 46.3 Å². The minimum atomic E-state index is 0.138. The van der Waals surface area contributed by atoms with E-state index in [4.69, 9.17) is 5.73 Å². The summed E-state index contributed by atoms with van der Waals surface area (Å²) in [4.78, 5) is 14.5. The molecule has 104 valence electrons. The van der Waals surface area contributed by atoms with E-state index in [1.54, 1.807) is 0 Å². The molecule has 1 amide bonds. The third-order valence-electron chi connectivity index (χ3n) is 3.75. The number of hydrogen-bond acceptors (Lipinski definition) is 2. The van der Waals surface area contributed by atoms with Crippen molar-refractivity contribution in [2.45, 2.75) is 52.1 Å². The lowest BCUT2D eigenvalue weighted by Gasteiger charge is -2.26. The zero-order valence-corrected chi connectivity index (χ0v) is 11.9. The predicted octanol–water partition coefficient (Wildman–Crippen LogP) is 3.20. The van der Waals surface area contributed by atoms with E-state index in [9.17, 15) is 4.79 Å². The molecule has 0 bridgehead atoms. The summed E-state index contributed by atoms with van der Waals surface area (Å²) in [5, 5.41) is 0. The molecule has 0 saturated heterocycles. The summed E-state index contributed by atoms with van der Waals surface area (Å²) in [6.07, 6.45) is 4.34. The smallest absolute Gasteiger partial charge is 0.225 e. The van der Waals surface area contributed by atoms with Crippen LogP contribution in [0.5, 0.6) is 0 Å². The number of hydrogen-bond donors (Lipinski definition) is 1. The number of amides is 1. The average molecular weight is 260 g/mol. The van der Waals surface area contributed by atoms with Crippen molar-refractivity contribution in [3.05, 3.63) is 29.8 Å². The summed E-state index contributed by atoms with van der Waals surface area (Å²) in [6, 6.07) is 8.30. The summed E-state index contributed by atoms with van der Waals surface area (Å²) in [5.41, 5.74) is 7.63. The number of benzene rings is 1. The lowest BCUT2D eigenvalue weighted by atomic mass is 10.0. The molecule has 1 aliphatic rings. The molecule has 2 N–H and O–H groups in total. The maximum absolute atomic E-state index is 12.5. The molecule has 1 unspecified atom stereocenters. The lowest BCUT2D eigenvalue weighted by Crippen LogP contribution is -2.36. The summed E-state index contributed by atoms with van der Waals surface area (Å²) in [7, 11) is 0. The van der Waals surface area contributed by atoms with Gasteiger partial charge in [-0.25, -0.2) is 0 Å². The maximum atomic E-state index is 12.5. The van der Waals surface area contributed by atoms with E-state index in [0.717, 1.165) is 43.5 Å². The molecular formula is C16H24N2O. The second-order valence-electron chi connectivity index (χ2n) is 5.63. The first-order chi connectivity index (χ1) is 9.11. The van der Waals surface area contributed by atoms with Gasteiger partial charge in [-0.15, -0.1) is 0 Å². The van der Waals surface area contributed by atoms with E-state index >= 15 is 0 Å². The Bertz CT molecular complexity index is 423. The predicted molar refractivity (Wildman–Crippen MR) is 78.5 cm³/mol. The zero-order valence-electron chi connectivity index (χ0n) is 11.9. The number of nitrogen functional groups attached to an aromatic ring is 1. The number of carbonyl (C=O) groups excluding carboxylic acids is 1. The first kappa shape index (κ1) is 13.9. The van der Waals surface area contributed by atoms with Gasteiger partial charge in [0.25, 0.3) is 0 Å². The molecule has 3 nitrogen and oxygen atoms in total. The van der Waals surface area contributed by atoms with Crippen LogP contribution in [0.2, 0.25) is 0 Å². The van der Waals surface area contributed by atoms with Gasteiger partial charge in [0.2, 0.25) is 5.91 Å². The van der Waals surface area contributed by atoms with Crippen LogP contribution < -0.4 is 5.73 Å². The summed E-state index contributed by atoms with van der Waals surface area (Å²) in [6.45, 7) is 4.90. The van der Waals surface area contributed by atoms with Crippen LogP contribution in [0, 0.1) is 5.92 Å². The Labute approximate surface area is 115 Å². The quantitative estimate of drug-likeness (QED) is 0.798. The fourth-order valence-electron chi connectivity index (χ4n) is 2.43. The molecule has 19 heavy (non-hydrogen) atoms. The van der Waals surface area contributed by atoms with Crippen LogP contribution in [0.15, 0.2) is 24.3 Å². The van der Waals surface area contributed by atoms with Gasteiger partial charge in [0, 0.05) is 24.2 Å². The van der Waals surface area contributed by atoms with E-state index < -0.39 is 0 Å². The van der Waals surface area contributed by atoms with Gasteiger partial charge in [-0.2, -0.15) is 0 Å². The maximum Gasteiger partial charge on any atom is 0.225 e. The lowest BCUT2D eigenvalue weighted by molar-refractivity contribution is -0.136. The molecule has 0 heterocycles. The molecule has 1 aromatic rings. The van der Waals surface area contributed by atoms with Gasteiger partial charge in [0.1, 0.15) is 0 Å². The van der Waals surface area contributed by atoms with Gasteiger partial charge < -0.3 is 10.6 Å². The van der Waals surface area contributed by atoms with E-state index in [0.29, 0.717) is 11.9 Å². The standard InChI is InChI=1S/C16H24N2O/c1-3-4-12(2)16(19)18(15-9-10-15)11-13-5-7-14(17)8-6-13/h5-8,12,15H,3-4,9-11,17H2,1-2H3. The number of anilines is 1. The molecule has 1 aromatic carbocycles. The fraction of sp³-hybridized carbons (Fsp3) is 0.562. The Morgan fingerprint density at radius 3 is 2.53 bits per heavy atom. The Balaban J connectivity index is 2.04. The van der Waals surface area contributed by atoms with Crippen LogP contribution in [-0.2, 0) is 11.3 Å². The molecule has 0 spiro atoms. The first-order valence-corrected chi connectivity index (χ1v) is 7.26. The van der Waals surface area contributed by atoms with Crippen LogP contribution in [0.25, 0.3) is 0 Å². The van der Waals surface area contributed by atoms with Crippen molar-refractivity contribution in [3.63, 3.8) is 0 Å². The Hall–Kier alpha value is -1.51. The number of nitrogens with zero attached hydrogens (tertiary/aromatic N) is 1. The Morgan fingerprint density at radius 1 is 1.37 bits per heavy atom. The van der Waals surface area contributed by atoms with Crippen LogP contribution >= 0.6 is 0 Å². The minimum Gasteiger partial charge on any atom is -0.399 e. The molecule has 1 saturated carbocycles. The normalized spacial score (nSPS) is 16.1. The second kappa shape index (κ2) is 6.09. The van der Waals surface area contributed by atoms with E-state index in [1.165, 1.54) is 0 Å². The van der Waals surface area contributed by atoms with Crippen LogP contribution in [-0.4, -0.2) is 16.8 Å². The largest absolute Gasteiger partial charge is 0.399 e. The van der Waals surface area contributed by atoms with Gasteiger partial charge in [0.05, 0.1) is 0 Å². The van der Waals surface area contributed by atoms with Gasteiger partial charge in [-0.05, 0) is 37.0 Å². The molecule has 1 atom stereocenters. The third kappa shape index (κ3) is 3.72. The zero-order chi connectivity index (χ0) is 13.8. The highest BCUT2D eigenvalue weighted by atomic mass is 16.2. The summed E-state index contributed by atoms with van der Waals surface area (Å²) in [5.74, 6) is 0.445. The molecule has 0 radical (unpaired) electrons. The number of nitrogens with two attached hydrogens (primary N) is 1. The van der Waals surface area contributed by atoms with Crippen molar-refractivity contribution >= 4 is 11.6 Å². The number of rotatable bonds is 6. The molecule has 1 fully saturated rings. The van der Waals surface area contributed by atoms with Crippen molar-refractivity contribution in [2.24, 2.45) is 5.92 Å². The summed E-state index contributed by atoms with van der Waals surface area (Å²) < 4.78 is 0. The van der Waals surface area contributed by atoms with Crippen molar-refractivity contribution < 1.29 is 4.79 Å². The van der Waals surface area contributed by atoms with E-state index in [1.807, 2.05) is 31.2 Å². The van der Waals surface area contributed by atoms with Gasteiger partial charge in [0.15, 0.2) is 0 Å². The molecule has 3 heteroatoms. The highest BCUT2D eigenvalue weighted by molar-refractivity contribution is 5.79. The molecule has 0 aromatic heterocycles. The van der Waals surface area contributed by atoms with E-state index in [2.05, 4.69) is 11.8 Å². The van der Waals surface area contributed by atoms with Crippen molar-refractivity contribution in [2.75, 3.05) is 5.73 Å². The van der Waals surface area contributed by atoms with Crippen LogP contribution in [0.3, 0.4) is 0 Å². The van der Waals surface area contributed by atoms with Crippen molar-refractivity contribution in [1.29, 1.82) is 0 Å².